The fourth-order valence-corrected chi connectivity index (χ4v) is 3.74. The third-order valence-corrected chi connectivity index (χ3v) is 5.53. The maximum Gasteiger partial charge on any atom is 0.225 e. The zero-order valence-corrected chi connectivity index (χ0v) is 17.4. The summed E-state index contributed by atoms with van der Waals surface area (Å²) in [5, 5.41) is 11.7. The minimum atomic E-state index is -0.280. The van der Waals surface area contributed by atoms with Gasteiger partial charge in [0.25, 0.3) is 0 Å². The number of ether oxygens (including phenoxy) is 1. The molecule has 2 heterocycles. The molecule has 1 amide bonds. The van der Waals surface area contributed by atoms with Crippen LogP contribution in [0.3, 0.4) is 0 Å². The summed E-state index contributed by atoms with van der Waals surface area (Å²) in [6, 6.07) is 17.6. The van der Waals surface area contributed by atoms with Crippen molar-refractivity contribution in [2.45, 2.75) is 19.4 Å². The molecule has 31 heavy (non-hydrogen) atoms. The van der Waals surface area contributed by atoms with E-state index in [1.54, 1.807) is 19.2 Å². The molecule has 1 fully saturated rings. The second-order valence-electron chi connectivity index (χ2n) is 7.63. The quantitative estimate of drug-likeness (QED) is 0.657. The van der Waals surface area contributed by atoms with Crippen LogP contribution in [0.15, 0.2) is 60.7 Å². The average molecular weight is 420 g/mol. The van der Waals surface area contributed by atoms with Gasteiger partial charge in [-0.15, -0.1) is 10.2 Å². The second-order valence-corrected chi connectivity index (χ2v) is 7.63. The van der Waals surface area contributed by atoms with E-state index in [9.17, 15) is 9.18 Å². The summed E-state index contributed by atoms with van der Waals surface area (Å²) in [6.45, 7) is 1.94. The summed E-state index contributed by atoms with van der Waals surface area (Å²) in [5.74, 6) is 1.23. The molecule has 1 saturated heterocycles. The maximum atomic E-state index is 13.1. The number of hydrogen-bond donors (Lipinski definition) is 1. The summed E-state index contributed by atoms with van der Waals surface area (Å²) < 4.78 is 18.3. The van der Waals surface area contributed by atoms with E-state index in [0.717, 1.165) is 42.1 Å². The second kappa shape index (κ2) is 9.55. The number of carbonyl (C=O) groups is 1. The molecule has 2 aromatic carbocycles. The number of methoxy groups -OCH3 is 1. The molecule has 1 atom stereocenters. The molecule has 4 rings (SSSR count). The van der Waals surface area contributed by atoms with Gasteiger partial charge in [0, 0.05) is 25.2 Å². The van der Waals surface area contributed by atoms with Crippen LogP contribution >= 0.6 is 0 Å². The Balaban J connectivity index is 1.35. The number of piperidine rings is 1. The molecule has 0 bridgehead atoms. The third-order valence-electron chi connectivity index (χ3n) is 5.53. The van der Waals surface area contributed by atoms with Crippen LogP contribution in [0, 0.1) is 11.7 Å². The minimum Gasteiger partial charge on any atom is -0.497 e. The van der Waals surface area contributed by atoms with Crippen LogP contribution < -0.4 is 15.0 Å². The van der Waals surface area contributed by atoms with Gasteiger partial charge in [0.05, 0.1) is 18.7 Å². The van der Waals surface area contributed by atoms with Gasteiger partial charge in [0.15, 0.2) is 5.82 Å². The fourth-order valence-electron chi connectivity index (χ4n) is 3.74. The van der Waals surface area contributed by atoms with E-state index >= 15 is 0 Å². The molecule has 1 aromatic heterocycles. The predicted molar refractivity (Wildman–Crippen MR) is 117 cm³/mol. The van der Waals surface area contributed by atoms with Crippen molar-refractivity contribution in [1.29, 1.82) is 0 Å². The van der Waals surface area contributed by atoms with Crippen molar-refractivity contribution in [3.63, 3.8) is 0 Å². The molecule has 0 aliphatic carbocycles. The molecular formula is C24H25FN4O2. The highest BCUT2D eigenvalue weighted by atomic mass is 19.1. The van der Waals surface area contributed by atoms with Crippen molar-refractivity contribution < 1.29 is 13.9 Å². The first-order valence-electron chi connectivity index (χ1n) is 10.4. The van der Waals surface area contributed by atoms with Crippen LogP contribution in [0.2, 0.25) is 0 Å². The third kappa shape index (κ3) is 5.17. The first-order valence-corrected chi connectivity index (χ1v) is 10.4. The number of amides is 1. The van der Waals surface area contributed by atoms with Crippen LogP contribution in [0.5, 0.6) is 5.75 Å². The van der Waals surface area contributed by atoms with Gasteiger partial charge in [-0.25, -0.2) is 4.39 Å². The molecule has 1 N–H and O–H groups in total. The number of rotatable bonds is 6. The summed E-state index contributed by atoms with van der Waals surface area (Å²) in [4.78, 5) is 14.8. The van der Waals surface area contributed by atoms with Crippen molar-refractivity contribution in [1.82, 2.24) is 15.5 Å². The molecule has 7 heteroatoms. The molecule has 0 saturated carbocycles. The van der Waals surface area contributed by atoms with Crippen LogP contribution in [-0.2, 0) is 11.3 Å². The highest BCUT2D eigenvalue weighted by Gasteiger charge is 2.26. The summed E-state index contributed by atoms with van der Waals surface area (Å²) >= 11 is 0. The minimum absolute atomic E-state index is 0.0522. The van der Waals surface area contributed by atoms with Crippen molar-refractivity contribution in [2.24, 2.45) is 5.92 Å². The number of nitrogens with zero attached hydrogens (tertiary/aromatic N) is 3. The van der Waals surface area contributed by atoms with Crippen LogP contribution in [0.1, 0.15) is 18.4 Å². The van der Waals surface area contributed by atoms with E-state index < -0.39 is 0 Å². The Morgan fingerprint density at radius 2 is 1.87 bits per heavy atom. The number of carbonyl (C=O) groups excluding carboxylic acids is 1. The van der Waals surface area contributed by atoms with E-state index in [1.165, 1.54) is 12.1 Å². The van der Waals surface area contributed by atoms with Crippen molar-refractivity contribution in [3.8, 4) is 17.0 Å². The van der Waals surface area contributed by atoms with E-state index in [1.807, 2.05) is 36.4 Å². The summed E-state index contributed by atoms with van der Waals surface area (Å²) in [5.41, 5.74) is 2.54. The van der Waals surface area contributed by atoms with Crippen molar-refractivity contribution in [3.05, 3.63) is 72.0 Å². The Kier molecular flexibility index (Phi) is 6.40. The zero-order valence-electron chi connectivity index (χ0n) is 17.4. The molecular weight excluding hydrogens is 395 g/mol. The first-order chi connectivity index (χ1) is 15.1. The van der Waals surface area contributed by atoms with Gasteiger partial charge < -0.3 is 15.0 Å². The lowest BCUT2D eigenvalue weighted by Crippen LogP contribution is -2.43. The Morgan fingerprint density at radius 1 is 1.10 bits per heavy atom. The van der Waals surface area contributed by atoms with Crippen molar-refractivity contribution >= 4 is 11.7 Å². The molecule has 0 unspecified atom stereocenters. The van der Waals surface area contributed by atoms with E-state index in [2.05, 4.69) is 20.4 Å². The average Bonchev–Trinajstić information content (AvgIpc) is 2.83. The van der Waals surface area contributed by atoms with Gasteiger partial charge in [0.2, 0.25) is 5.91 Å². The Morgan fingerprint density at radius 3 is 2.55 bits per heavy atom. The predicted octanol–water partition coefficient (Wildman–Crippen LogP) is 3.82. The van der Waals surface area contributed by atoms with Gasteiger partial charge in [-0.1, -0.05) is 12.1 Å². The molecule has 1 aliphatic rings. The Bertz CT molecular complexity index is 1010. The van der Waals surface area contributed by atoms with Gasteiger partial charge >= 0.3 is 0 Å². The number of nitrogens with one attached hydrogen (secondary N) is 1. The SMILES string of the molecule is COc1ccc(CNC(=O)[C@H]2CCCN(c3ccc(-c4ccc(F)cc4)nn3)C2)cc1. The molecule has 1 aliphatic heterocycles. The topological polar surface area (TPSA) is 67.3 Å². The largest absolute Gasteiger partial charge is 0.497 e. The smallest absolute Gasteiger partial charge is 0.225 e. The monoisotopic (exact) mass is 420 g/mol. The number of hydrogen-bond acceptors (Lipinski definition) is 5. The number of anilines is 1. The highest BCUT2D eigenvalue weighted by molar-refractivity contribution is 5.79. The Labute approximate surface area is 181 Å². The lowest BCUT2D eigenvalue weighted by molar-refractivity contribution is -0.125. The van der Waals surface area contributed by atoms with E-state index in [4.69, 9.17) is 4.74 Å². The maximum absolute atomic E-state index is 13.1. The fraction of sp³-hybridized carbons (Fsp3) is 0.292. The van der Waals surface area contributed by atoms with Crippen LogP contribution in [0.25, 0.3) is 11.3 Å². The lowest BCUT2D eigenvalue weighted by atomic mass is 9.97. The van der Waals surface area contributed by atoms with Gasteiger partial charge in [-0.3, -0.25) is 4.79 Å². The van der Waals surface area contributed by atoms with Crippen LogP contribution in [0.4, 0.5) is 10.2 Å². The van der Waals surface area contributed by atoms with Gasteiger partial charge in [-0.2, -0.15) is 0 Å². The number of aromatic nitrogens is 2. The number of halogens is 1. The summed E-state index contributed by atoms with van der Waals surface area (Å²) in [6.07, 6.45) is 1.77. The molecule has 0 spiro atoms. The molecule has 160 valence electrons. The Hall–Kier alpha value is -3.48. The van der Waals surface area contributed by atoms with E-state index in [-0.39, 0.29) is 17.6 Å². The highest BCUT2D eigenvalue weighted by Crippen LogP contribution is 2.24. The zero-order chi connectivity index (χ0) is 21.6. The number of benzene rings is 2. The summed E-state index contributed by atoms with van der Waals surface area (Å²) in [7, 11) is 1.63. The first kappa shape index (κ1) is 20.8. The molecule has 3 aromatic rings. The molecule has 6 nitrogen and oxygen atoms in total. The standard InChI is InChI=1S/C24H25FN4O2/c1-31-21-10-4-17(5-11-21)15-26-24(30)19-3-2-14-29(16-19)23-13-12-22(27-28-23)18-6-8-20(25)9-7-18/h4-13,19H,2-3,14-16H2,1H3,(H,26,30)/t19-/m0/s1. The van der Waals surface area contributed by atoms with E-state index in [0.29, 0.717) is 18.8 Å². The van der Waals surface area contributed by atoms with Crippen LogP contribution in [-0.4, -0.2) is 36.3 Å². The normalized spacial score (nSPS) is 16.1. The lowest BCUT2D eigenvalue weighted by Gasteiger charge is -2.32. The van der Waals surface area contributed by atoms with Gasteiger partial charge in [0.1, 0.15) is 11.6 Å². The van der Waals surface area contributed by atoms with Crippen molar-refractivity contribution in [2.75, 3.05) is 25.1 Å². The van der Waals surface area contributed by atoms with Gasteiger partial charge in [-0.05, 0) is 66.9 Å². The molecule has 0 radical (unpaired) electrons.